The van der Waals surface area contributed by atoms with Crippen molar-refractivity contribution in [1.82, 2.24) is 0 Å². The number of hydrogen-bond acceptors (Lipinski definition) is 7. The van der Waals surface area contributed by atoms with E-state index in [1.807, 2.05) is 0 Å². The van der Waals surface area contributed by atoms with E-state index >= 15 is 0 Å². The number of aliphatic hydroxyl groups is 1. The fourth-order valence-corrected chi connectivity index (χ4v) is 3.47. The summed E-state index contributed by atoms with van der Waals surface area (Å²) in [6, 6.07) is 6.33. The predicted molar refractivity (Wildman–Crippen MR) is 105 cm³/mol. The molecule has 2 heterocycles. The number of carbonyl (C=O) groups is 1. The van der Waals surface area contributed by atoms with E-state index < -0.39 is 18.0 Å². The van der Waals surface area contributed by atoms with Crippen molar-refractivity contribution in [2.75, 3.05) is 20.3 Å². The molecule has 0 aliphatic carbocycles. The van der Waals surface area contributed by atoms with Gasteiger partial charge in [-0.2, -0.15) is 0 Å². The van der Waals surface area contributed by atoms with Crippen LogP contribution in [-0.4, -0.2) is 47.5 Å². The van der Waals surface area contributed by atoms with Gasteiger partial charge in [-0.3, -0.25) is 4.79 Å². The highest BCUT2D eigenvalue weighted by atomic mass is 16.5. The van der Waals surface area contributed by atoms with Gasteiger partial charge in [0, 0.05) is 7.11 Å². The summed E-state index contributed by atoms with van der Waals surface area (Å²) in [5.74, 6) is -0.252. The number of ketones is 1. The van der Waals surface area contributed by atoms with Gasteiger partial charge in [0.15, 0.2) is 5.78 Å². The second-order valence-electron chi connectivity index (χ2n) is 6.74. The molecule has 2 aromatic carbocycles. The zero-order valence-electron chi connectivity index (χ0n) is 15.7. The second-order valence-corrected chi connectivity index (χ2v) is 6.74. The van der Waals surface area contributed by atoms with Crippen LogP contribution in [0.15, 0.2) is 36.4 Å². The topological polar surface area (TPSA) is 105 Å². The second kappa shape index (κ2) is 7.62. The van der Waals surface area contributed by atoms with E-state index in [0.29, 0.717) is 16.7 Å². The maximum Gasteiger partial charge on any atom is 0.193 e. The molecule has 4 rings (SSSR count). The Balaban J connectivity index is 1.81. The Morgan fingerprint density at radius 2 is 1.93 bits per heavy atom. The lowest BCUT2D eigenvalue weighted by Crippen LogP contribution is -2.34. The van der Waals surface area contributed by atoms with Crippen LogP contribution >= 0.6 is 0 Å². The van der Waals surface area contributed by atoms with Crippen LogP contribution < -0.4 is 9.47 Å². The van der Waals surface area contributed by atoms with Gasteiger partial charge in [-0.05, 0) is 35.9 Å². The first-order valence-electron chi connectivity index (χ1n) is 9.08. The number of benzene rings is 2. The van der Waals surface area contributed by atoms with Crippen LogP contribution in [-0.2, 0) is 4.74 Å². The maximum atomic E-state index is 13.0. The molecular formula is C22H20O7. The Labute approximate surface area is 167 Å². The van der Waals surface area contributed by atoms with Gasteiger partial charge in [-0.15, -0.1) is 0 Å². The van der Waals surface area contributed by atoms with Gasteiger partial charge in [-0.25, -0.2) is 0 Å². The van der Waals surface area contributed by atoms with Crippen LogP contribution in [0.2, 0.25) is 0 Å². The molecule has 0 radical (unpaired) electrons. The molecule has 2 aromatic rings. The van der Waals surface area contributed by atoms with Crippen LogP contribution in [0.25, 0.3) is 12.2 Å². The van der Waals surface area contributed by atoms with Crippen LogP contribution in [0.1, 0.15) is 33.2 Å². The van der Waals surface area contributed by atoms with Gasteiger partial charge in [-0.1, -0.05) is 18.2 Å². The minimum absolute atomic E-state index is 0.0285. The van der Waals surface area contributed by atoms with Gasteiger partial charge in [0.1, 0.15) is 54.0 Å². The highest BCUT2D eigenvalue weighted by Crippen LogP contribution is 2.50. The zero-order valence-corrected chi connectivity index (χ0v) is 15.7. The van der Waals surface area contributed by atoms with Crippen molar-refractivity contribution in [3.63, 3.8) is 0 Å². The van der Waals surface area contributed by atoms with Crippen molar-refractivity contribution < 1.29 is 34.3 Å². The van der Waals surface area contributed by atoms with E-state index in [1.165, 1.54) is 25.3 Å². The predicted octanol–water partition coefficient (Wildman–Crippen LogP) is 2.84. The van der Waals surface area contributed by atoms with Gasteiger partial charge in [0.05, 0.1) is 11.1 Å². The first-order valence-corrected chi connectivity index (χ1v) is 9.08. The number of phenolic OH excluding ortho intramolecular Hbond substituents is 2. The van der Waals surface area contributed by atoms with Crippen molar-refractivity contribution in [2.24, 2.45) is 0 Å². The zero-order chi connectivity index (χ0) is 20.5. The third-order valence-electron chi connectivity index (χ3n) is 4.97. The van der Waals surface area contributed by atoms with Crippen LogP contribution in [0.3, 0.4) is 0 Å². The molecule has 2 aliphatic rings. The van der Waals surface area contributed by atoms with E-state index in [2.05, 4.69) is 0 Å². The van der Waals surface area contributed by atoms with E-state index in [4.69, 9.17) is 14.2 Å². The number of ether oxygens (including phenoxy) is 3. The highest BCUT2D eigenvalue weighted by Gasteiger charge is 2.39. The average Bonchev–Trinajstić information content (AvgIpc) is 2.73. The lowest BCUT2D eigenvalue weighted by Gasteiger charge is -2.33. The Kier molecular flexibility index (Phi) is 5.00. The third kappa shape index (κ3) is 3.35. The average molecular weight is 396 g/mol. The molecule has 0 fully saturated rings. The Morgan fingerprint density at radius 1 is 1.17 bits per heavy atom. The lowest BCUT2D eigenvalue weighted by molar-refractivity contribution is -0.0524. The van der Waals surface area contributed by atoms with E-state index in [0.717, 1.165) is 0 Å². The molecule has 150 valence electrons. The van der Waals surface area contributed by atoms with Crippen molar-refractivity contribution in [3.8, 4) is 23.0 Å². The summed E-state index contributed by atoms with van der Waals surface area (Å²) in [4.78, 5) is 13.0. The summed E-state index contributed by atoms with van der Waals surface area (Å²) in [7, 11) is 1.46. The van der Waals surface area contributed by atoms with Crippen molar-refractivity contribution in [2.45, 2.75) is 12.2 Å². The lowest BCUT2D eigenvalue weighted by atomic mass is 9.90. The van der Waals surface area contributed by atoms with Crippen LogP contribution in [0.5, 0.6) is 23.0 Å². The number of rotatable bonds is 4. The molecular weight excluding hydrogens is 376 g/mol. The monoisotopic (exact) mass is 396 g/mol. The minimum Gasteiger partial charge on any atom is -0.508 e. The van der Waals surface area contributed by atoms with Gasteiger partial charge < -0.3 is 29.5 Å². The third-order valence-corrected chi connectivity index (χ3v) is 4.97. The molecule has 2 atom stereocenters. The summed E-state index contributed by atoms with van der Waals surface area (Å²) < 4.78 is 16.6. The highest BCUT2D eigenvalue weighted by molar-refractivity contribution is 6.12. The molecule has 0 spiro atoms. The Bertz CT molecular complexity index is 1010. The minimum atomic E-state index is -1.07. The fraction of sp³-hybridized carbons (Fsp3) is 0.227. The fourth-order valence-electron chi connectivity index (χ4n) is 3.47. The van der Waals surface area contributed by atoms with Crippen LogP contribution in [0.4, 0.5) is 0 Å². The van der Waals surface area contributed by atoms with Gasteiger partial charge in [0.2, 0.25) is 0 Å². The van der Waals surface area contributed by atoms with Gasteiger partial charge in [0.25, 0.3) is 0 Å². The molecule has 0 bridgehead atoms. The quantitative estimate of drug-likeness (QED) is 0.539. The summed E-state index contributed by atoms with van der Waals surface area (Å²) in [5, 5.41) is 30.9. The molecule has 3 N–H and O–H groups in total. The summed E-state index contributed by atoms with van der Waals surface area (Å²) >= 11 is 0. The van der Waals surface area contributed by atoms with Crippen molar-refractivity contribution in [3.05, 3.63) is 58.7 Å². The Morgan fingerprint density at radius 3 is 2.66 bits per heavy atom. The molecule has 0 saturated heterocycles. The SMILES string of the molecule is CO[C@@H]1COc2c(C(=O)/C=C/c3ccc(O)cc3)c(O)c3c(c2[C@@H]1O)OCC=C3. The number of phenols is 2. The van der Waals surface area contributed by atoms with Crippen molar-refractivity contribution in [1.29, 1.82) is 0 Å². The standard InChI is InChI=1S/C22H20O7/c1-27-16-11-29-22-17(15(24)9-6-12-4-7-13(23)8-5-12)19(25)14-3-2-10-28-21(14)18(22)20(16)26/h2-9,16,20,23,25-26H,10-11H2,1H3/b9-6+/t16-,20-/m1/s1. The largest absolute Gasteiger partial charge is 0.508 e. The molecule has 7 nitrogen and oxygen atoms in total. The van der Waals surface area contributed by atoms with E-state index in [1.54, 1.807) is 30.4 Å². The maximum absolute atomic E-state index is 13.0. The molecule has 0 saturated carbocycles. The first kappa shape index (κ1) is 19.0. The molecule has 7 heteroatoms. The van der Waals surface area contributed by atoms with E-state index in [-0.39, 0.29) is 41.8 Å². The normalized spacial score (nSPS) is 19.9. The molecule has 0 amide bonds. The number of methoxy groups -OCH3 is 1. The van der Waals surface area contributed by atoms with Gasteiger partial charge >= 0.3 is 0 Å². The number of carbonyl (C=O) groups excluding carboxylic acids is 1. The number of allylic oxidation sites excluding steroid dienone is 1. The first-order chi connectivity index (χ1) is 14.0. The summed E-state index contributed by atoms with van der Waals surface area (Å²) in [6.45, 7) is 0.304. The number of aromatic hydroxyl groups is 2. The van der Waals surface area contributed by atoms with Crippen molar-refractivity contribution >= 4 is 17.9 Å². The Hall–Kier alpha value is -3.29. The molecule has 2 aliphatic heterocycles. The number of hydrogen-bond donors (Lipinski definition) is 3. The molecule has 29 heavy (non-hydrogen) atoms. The number of fused-ring (bicyclic) bond motifs is 3. The summed E-state index contributed by atoms with van der Waals surface area (Å²) in [5.41, 5.74) is 1.26. The summed E-state index contributed by atoms with van der Waals surface area (Å²) in [6.07, 6.45) is 4.53. The number of aliphatic hydroxyl groups excluding tert-OH is 1. The smallest absolute Gasteiger partial charge is 0.193 e. The molecule has 0 unspecified atom stereocenters. The van der Waals surface area contributed by atoms with Crippen LogP contribution in [0, 0.1) is 0 Å². The molecule has 0 aromatic heterocycles. The van der Waals surface area contributed by atoms with E-state index in [9.17, 15) is 20.1 Å².